The Bertz CT molecular complexity index is 867. The summed E-state index contributed by atoms with van der Waals surface area (Å²) in [6, 6.07) is 11.7. The summed E-state index contributed by atoms with van der Waals surface area (Å²) in [7, 11) is 0. The number of hydrogen-bond donors (Lipinski definition) is 2. The number of nitrogens with one attached hydrogen (secondary N) is 2. The van der Waals surface area contributed by atoms with Crippen molar-refractivity contribution >= 4 is 22.7 Å². The molecule has 2 amide bonds. The van der Waals surface area contributed by atoms with Gasteiger partial charge in [0.05, 0.1) is 12.8 Å². The minimum Gasteiger partial charge on any atom is -0.467 e. The molecule has 0 aliphatic rings. The largest absolute Gasteiger partial charge is 0.467 e. The fourth-order valence-electron chi connectivity index (χ4n) is 2.94. The molecule has 6 nitrogen and oxygen atoms in total. The number of carbonyl (C=O) groups excluding carboxylic acids is 2. The number of H-pyrrole nitrogens is 1. The molecule has 136 valence electrons. The third-order valence-electron chi connectivity index (χ3n) is 4.42. The maximum atomic E-state index is 12.0. The normalized spacial score (nSPS) is 10.8. The van der Waals surface area contributed by atoms with E-state index in [4.69, 9.17) is 4.42 Å². The molecule has 2 aromatic heterocycles. The van der Waals surface area contributed by atoms with Crippen LogP contribution in [0.25, 0.3) is 10.9 Å². The number of amides is 2. The van der Waals surface area contributed by atoms with Crippen molar-refractivity contribution in [1.29, 1.82) is 0 Å². The molecule has 0 saturated heterocycles. The van der Waals surface area contributed by atoms with Crippen LogP contribution >= 0.6 is 0 Å². The second-order valence-corrected chi connectivity index (χ2v) is 6.22. The summed E-state index contributed by atoms with van der Waals surface area (Å²) in [6.07, 6.45) is 4.58. The number of rotatable bonds is 8. The molecule has 0 fully saturated rings. The van der Waals surface area contributed by atoms with Crippen molar-refractivity contribution in [2.45, 2.75) is 26.3 Å². The first-order chi connectivity index (χ1) is 12.6. The molecule has 3 rings (SSSR count). The quantitative estimate of drug-likeness (QED) is 0.654. The maximum Gasteiger partial charge on any atom is 0.222 e. The Labute approximate surface area is 152 Å². The number of aromatic nitrogens is 1. The number of benzene rings is 1. The lowest BCUT2D eigenvalue weighted by molar-refractivity contribution is -0.129. The predicted molar refractivity (Wildman–Crippen MR) is 99.4 cm³/mol. The lowest BCUT2D eigenvalue weighted by Gasteiger charge is -2.20. The van der Waals surface area contributed by atoms with E-state index in [0.717, 1.165) is 11.9 Å². The molecule has 0 bridgehead atoms. The van der Waals surface area contributed by atoms with Crippen molar-refractivity contribution in [2.24, 2.45) is 0 Å². The van der Waals surface area contributed by atoms with Crippen LogP contribution in [0.2, 0.25) is 0 Å². The summed E-state index contributed by atoms with van der Waals surface area (Å²) in [5, 5.41) is 3.97. The molecular formula is C20H23N3O3. The number of hydrogen-bond acceptors (Lipinski definition) is 3. The molecule has 0 aliphatic heterocycles. The number of fused-ring (bicyclic) bond motifs is 1. The average molecular weight is 353 g/mol. The molecule has 2 N–H and O–H groups in total. The number of carbonyl (C=O) groups is 2. The summed E-state index contributed by atoms with van der Waals surface area (Å²) < 4.78 is 5.18. The fraction of sp³-hybridized carbons (Fsp3) is 0.300. The van der Waals surface area contributed by atoms with Gasteiger partial charge in [-0.1, -0.05) is 18.2 Å². The van der Waals surface area contributed by atoms with Crippen molar-refractivity contribution in [1.82, 2.24) is 15.2 Å². The highest BCUT2D eigenvalue weighted by Crippen LogP contribution is 2.18. The molecule has 0 unspecified atom stereocenters. The molecule has 1 aromatic carbocycles. The lowest BCUT2D eigenvalue weighted by atomic mass is 10.1. The molecule has 0 atom stereocenters. The van der Waals surface area contributed by atoms with E-state index >= 15 is 0 Å². The topological polar surface area (TPSA) is 78.3 Å². The van der Waals surface area contributed by atoms with Gasteiger partial charge >= 0.3 is 0 Å². The molecule has 2 heterocycles. The van der Waals surface area contributed by atoms with Gasteiger partial charge in [-0.2, -0.15) is 0 Å². The minimum atomic E-state index is -0.0975. The number of aromatic amines is 1. The van der Waals surface area contributed by atoms with E-state index < -0.39 is 0 Å². The Morgan fingerprint density at radius 1 is 1.15 bits per heavy atom. The van der Waals surface area contributed by atoms with Gasteiger partial charge in [0.2, 0.25) is 11.8 Å². The van der Waals surface area contributed by atoms with Crippen LogP contribution in [0.5, 0.6) is 0 Å². The Balaban J connectivity index is 1.49. The summed E-state index contributed by atoms with van der Waals surface area (Å²) in [5.74, 6) is 0.588. The molecule has 26 heavy (non-hydrogen) atoms. The van der Waals surface area contributed by atoms with Gasteiger partial charge in [0, 0.05) is 43.5 Å². The smallest absolute Gasteiger partial charge is 0.222 e. The number of nitrogens with zero attached hydrogens (tertiary/aromatic N) is 1. The van der Waals surface area contributed by atoms with Gasteiger partial charge in [-0.05, 0) is 30.2 Å². The van der Waals surface area contributed by atoms with Gasteiger partial charge in [-0.25, -0.2) is 0 Å². The first-order valence-electron chi connectivity index (χ1n) is 8.73. The Morgan fingerprint density at radius 2 is 2.00 bits per heavy atom. The highest BCUT2D eigenvalue weighted by Gasteiger charge is 2.13. The van der Waals surface area contributed by atoms with Crippen LogP contribution in [0.3, 0.4) is 0 Å². The maximum absolute atomic E-state index is 12.0. The predicted octanol–water partition coefficient (Wildman–Crippen LogP) is 2.86. The fourth-order valence-corrected chi connectivity index (χ4v) is 2.94. The summed E-state index contributed by atoms with van der Waals surface area (Å²) in [5.41, 5.74) is 2.27. The second kappa shape index (κ2) is 8.38. The first-order valence-corrected chi connectivity index (χ1v) is 8.73. The van der Waals surface area contributed by atoms with Crippen molar-refractivity contribution in [3.05, 3.63) is 60.2 Å². The molecular weight excluding hydrogens is 330 g/mol. The van der Waals surface area contributed by atoms with Gasteiger partial charge in [-0.15, -0.1) is 0 Å². The second-order valence-electron chi connectivity index (χ2n) is 6.22. The van der Waals surface area contributed by atoms with E-state index in [1.807, 2.05) is 30.5 Å². The lowest BCUT2D eigenvalue weighted by Crippen LogP contribution is -2.35. The van der Waals surface area contributed by atoms with Crippen LogP contribution in [-0.4, -0.2) is 34.8 Å². The zero-order valence-corrected chi connectivity index (χ0v) is 14.8. The SMILES string of the molecule is CC(=O)N(CCC(=O)NCc1ccco1)CCc1c[nH]c2ccccc12. The zero-order chi connectivity index (χ0) is 18.4. The van der Waals surface area contributed by atoms with Crippen molar-refractivity contribution in [2.75, 3.05) is 13.1 Å². The van der Waals surface area contributed by atoms with Crippen LogP contribution < -0.4 is 5.32 Å². The van der Waals surface area contributed by atoms with E-state index in [2.05, 4.69) is 16.4 Å². The van der Waals surface area contributed by atoms with E-state index in [1.54, 1.807) is 17.2 Å². The van der Waals surface area contributed by atoms with E-state index in [1.165, 1.54) is 17.9 Å². The van der Waals surface area contributed by atoms with E-state index in [-0.39, 0.29) is 18.2 Å². The average Bonchev–Trinajstić information content (AvgIpc) is 3.29. The van der Waals surface area contributed by atoms with E-state index in [9.17, 15) is 9.59 Å². The van der Waals surface area contributed by atoms with Gasteiger partial charge < -0.3 is 19.6 Å². The summed E-state index contributed by atoms with van der Waals surface area (Å²) in [4.78, 5) is 28.8. The van der Waals surface area contributed by atoms with Gasteiger partial charge in [0.25, 0.3) is 0 Å². The van der Waals surface area contributed by atoms with Crippen LogP contribution in [0.4, 0.5) is 0 Å². The number of furan rings is 1. The standard InChI is InChI=1S/C20H23N3O3/c1-15(24)23(11-9-20(25)22-14-17-5-4-12-26-17)10-8-16-13-21-19-7-3-2-6-18(16)19/h2-7,12-13,21H,8-11,14H2,1H3,(H,22,25). The van der Waals surface area contributed by atoms with Crippen LogP contribution in [-0.2, 0) is 22.6 Å². The molecule has 0 spiro atoms. The van der Waals surface area contributed by atoms with Crippen molar-refractivity contribution in [3.8, 4) is 0 Å². The third kappa shape index (κ3) is 4.53. The molecule has 3 aromatic rings. The Hall–Kier alpha value is -3.02. The molecule has 0 saturated carbocycles. The van der Waals surface area contributed by atoms with Crippen LogP contribution in [0.15, 0.2) is 53.3 Å². The highest BCUT2D eigenvalue weighted by molar-refractivity contribution is 5.83. The van der Waals surface area contributed by atoms with E-state index in [0.29, 0.717) is 25.4 Å². The van der Waals surface area contributed by atoms with Crippen LogP contribution in [0, 0.1) is 0 Å². The summed E-state index contributed by atoms with van der Waals surface area (Å²) >= 11 is 0. The molecule has 0 radical (unpaired) electrons. The van der Waals surface area contributed by atoms with Gasteiger partial charge in [0.1, 0.15) is 5.76 Å². The van der Waals surface area contributed by atoms with Gasteiger partial charge in [0.15, 0.2) is 0 Å². The highest BCUT2D eigenvalue weighted by atomic mass is 16.3. The monoisotopic (exact) mass is 353 g/mol. The van der Waals surface area contributed by atoms with Crippen molar-refractivity contribution in [3.63, 3.8) is 0 Å². The zero-order valence-electron chi connectivity index (χ0n) is 14.8. The molecule has 0 aliphatic carbocycles. The third-order valence-corrected chi connectivity index (χ3v) is 4.42. The van der Waals surface area contributed by atoms with Crippen LogP contribution in [0.1, 0.15) is 24.7 Å². The minimum absolute atomic E-state index is 0.0244. The van der Waals surface area contributed by atoms with Crippen molar-refractivity contribution < 1.29 is 14.0 Å². The molecule has 6 heteroatoms. The number of para-hydroxylation sites is 1. The van der Waals surface area contributed by atoms with Gasteiger partial charge in [-0.3, -0.25) is 9.59 Å². The summed E-state index contributed by atoms with van der Waals surface area (Å²) in [6.45, 7) is 2.89. The first kappa shape index (κ1) is 17.8. The Kier molecular flexibility index (Phi) is 5.73. The Morgan fingerprint density at radius 3 is 2.77 bits per heavy atom.